The van der Waals surface area contributed by atoms with Gasteiger partial charge >= 0.3 is 0 Å². The standard InChI is InChI=1S/C10H20ClNO/c1-2-3-6-12-10(9-11)4-7-13-8-5-10/h12H,2-9H2,1H3. The number of halogens is 1. The van der Waals surface area contributed by atoms with Crippen molar-refractivity contribution in [3.05, 3.63) is 0 Å². The van der Waals surface area contributed by atoms with Gasteiger partial charge in [-0.3, -0.25) is 0 Å². The van der Waals surface area contributed by atoms with E-state index in [0.717, 1.165) is 32.6 Å². The summed E-state index contributed by atoms with van der Waals surface area (Å²) in [6.45, 7) is 5.00. The number of ether oxygens (including phenoxy) is 1. The van der Waals surface area contributed by atoms with Crippen molar-refractivity contribution in [3.63, 3.8) is 0 Å². The second kappa shape index (κ2) is 5.84. The van der Waals surface area contributed by atoms with Gasteiger partial charge in [0.25, 0.3) is 0 Å². The molecule has 2 nitrogen and oxygen atoms in total. The molecule has 13 heavy (non-hydrogen) atoms. The fraction of sp³-hybridized carbons (Fsp3) is 1.00. The van der Waals surface area contributed by atoms with E-state index >= 15 is 0 Å². The van der Waals surface area contributed by atoms with Gasteiger partial charge in [-0.2, -0.15) is 0 Å². The van der Waals surface area contributed by atoms with Gasteiger partial charge in [0, 0.05) is 24.6 Å². The first-order chi connectivity index (χ1) is 6.33. The van der Waals surface area contributed by atoms with Gasteiger partial charge in [0.15, 0.2) is 0 Å². The Labute approximate surface area is 86.0 Å². The molecule has 1 fully saturated rings. The predicted octanol–water partition coefficient (Wildman–Crippen LogP) is 2.16. The van der Waals surface area contributed by atoms with E-state index in [4.69, 9.17) is 16.3 Å². The van der Waals surface area contributed by atoms with Crippen LogP contribution in [0.4, 0.5) is 0 Å². The van der Waals surface area contributed by atoms with Crippen LogP contribution in [-0.4, -0.2) is 31.2 Å². The molecule has 0 aromatic heterocycles. The molecule has 0 aromatic carbocycles. The van der Waals surface area contributed by atoms with Gasteiger partial charge < -0.3 is 10.1 Å². The van der Waals surface area contributed by atoms with Gasteiger partial charge in [-0.25, -0.2) is 0 Å². The van der Waals surface area contributed by atoms with Crippen LogP contribution in [0.1, 0.15) is 32.6 Å². The van der Waals surface area contributed by atoms with E-state index in [1.54, 1.807) is 0 Å². The first-order valence-electron chi connectivity index (χ1n) is 5.22. The Morgan fingerprint density at radius 3 is 2.62 bits per heavy atom. The number of nitrogens with one attached hydrogen (secondary N) is 1. The molecule has 0 radical (unpaired) electrons. The zero-order valence-electron chi connectivity index (χ0n) is 8.44. The molecule has 0 aliphatic carbocycles. The normalized spacial score (nSPS) is 21.7. The molecule has 1 N–H and O–H groups in total. The van der Waals surface area contributed by atoms with E-state index in [1.165, 1.54) is 12.8 Å². The van der Waals surface area contributed by atoms with Gasteiger partial charge in [-0.15, -0.1) is 11.6 Å². The first kappa shape index (κ1) is 11.3. The maximum absolute atomic E-state index is 6.00. The largest absolute Gasteiger partial charge is 0.381 e. The monoisotopic (exact) mass is 205 g/mol. The van der Waals surface area contributed by atoms with E-state index in [0.29, 0.717) is 5.88 Å². The Kier molecular flexibility index (Phi) is 5.07. The number of alkyl halides is 1. The van der Waals surface area contributed by atoms with Crippen LogP contribution in [0.15, 0.2) is 0 Å². The summed E-state index contributed by atoms with van der Waals surface area (Å²) < 4.78 is 5.33. The molecule has 3 heteroatoms. The fourth-order valence-corrected chi connectivity index (χ4v) is 2.01. The van der Waals surface area contributed by atoms with Crippen LogP contribution >= 0.6 is 11.6 Å². The van der Waals surface area contributed by atoms with Crippen LogP contribution in [0.3, 0.4) is 0 Å². The average Bonchev–Trinajstić information content (AvgIpc) is 2.20. The highest BCUT2D eigenvalue weighted by molar-refractivity contribution is 6.18. The summed E-state index contributed by atoms with van der Waals surface area (Å²) in [6, 6.07) is 0. The number of rotatable bonds is 5. The van der Waals surface area contributed by atoms with Crippen molar-refractivity contribution >= 4 is 11.6 Å². The second-order valence-electron chi connectivity index (χ2n) is 3.81. The van der Waals surface area contributed by atoms with Gasteiger partial charge in [-0.1, -0.05) is 13.3 Å². The van der Waals surface area contributed by atoms with E-state index in [1.807, 2.05) is 0 Å². The third kappa shape index (κ3) is 3.45. The van der Waals surface area contributed by atoms with Crippen LogP contribution < -0.4 is 5.32 Å². The lowest BCUT2D eigenvalue weighted by atomic mass is 9.92. The van der Waals surface area contributed by atoms with Crippen LogP contribution in [-0.2, 0) is 4.74 Å². The molecule has 1 saturated heterocycles. The number of hydrogen-bond acceptors (Lipinski definition) is 2. The van der Waals surface area contributed by atoms with Crippen LogP contribution in [0.2, 0.25) is 0 Å². The van der Waals surface area contributed by atoms with Crippen molar-refractivity contribution in [1.29, 1.82) is 0 Å². The van der Waals surface area contributed by atoms with Crippen molar-refractivity contribution in [3.8, 4) is 0 Å². The first-order valence-corrected chi connectivity index (χ1v) is 5.75. The Morgan fingerprint density at radius 1 is 1.38 bits per heavy atom. The van der Waals surface area contributed by atoms with Crippen molar-refractivity contribution in [2.24, 2.45) is 0 Å². The minimum absolute atomic E-state index is 0.162. The number of unbranched alkanes of at least 4 members (excludes halogenated alkanes) is 1. The minimum atomic E-state index is 0.162. The summed E-state index contributed by atoms with van der Waals surface area (Å²) in [5, 5.41) is 3.57. The highest BCUT2D eigenvalue weighted by Crippen LogP contribution is 2.22. The van der Waals surface area contributed by atoms with Crippen molar-refractivity contribution in [1.82, 2.24) is 5.32 Å². The quantitative estimate of drug-likeness (QED) is 0.549. The summed E-state index contributed by atoms with van der Waals surface area (Å²) in [6.07, 6.45) is 4.59. The zero-order valence-corrected chi connectivity index (χ0v) is 9.20. The topological polar surface area (TPSA) is 21.3 Å². The van der Waals surface area contributed by atoms with E-state index in [2.05, 4.69) is 12.2 Å². The van der Waals surface area contributed by atoms with Gasteiger partial charge in [0.1, 0.15) is 0 Å². The van der Waals surface area contributed by atoms with Crippen LogP contribution in [0.5, 0.6) is 0 Å². The molecule has 1 heterocycles. The van der Waals surface area contributed by atoms with Gasteiger partial charge in [0.05, 0.1) is 0 Å². The maximum Gasteiger partial charge on any atom is 0.0484 e. The van der Waals surface area contributed by atoms with Crippen molar-refractivity contribution in [2.45, 2.75) is 38.1 Å². The summed E-state index contributed by atoms with van der Waals surface area (Å²) in [7, 11) is 0. The molecule has 78 valence electrons. The Hall–Kier alpha value is 0.210. The Balaban J connectivity index is 2.29. The fourth-order valence-electron chi connectivity index (χ4n) is 1.65. The average molecular weight is 206 g/mol. The molecular weight excluding hydrogens is 186 g/mol. The smallest absolute Gasteiger partial charge is 0.0484 e. The van der Waals surface area contributed by atoms with E-state index in [9.17, 15) is 0 Å². The summed E-state index contributed by atoms with van der Waals surface area (Å²) >= 11 is 6.00. The lowest BCUT2D eigenvalue weighted by Gasteiger charge is -2.36. The molecule has 0 saturated carbocycles. The van der Waals surface area contributed by atoms with Crippen molar-refractivity contribution < 1.29 is 4.74 Å². The summed E-state index contributed by atoms with van der Waals surface area (Å²) in [5.74, 6) is 0.708. The number of hydrogen-bond donors (Lipinski definition) is 1. The molecule has 1 rings (SSSR count). The molecule has 0 unspecified atom stereocenters. The second-order valence-corrected chi connectivity index (χ2v) is 4.07. The molecule has 1 aliphatic heterocycles. The molecule has 1 aliphatic rings. The Bertz CT molecular complexity index is 135. The highest BCUT2D eigenvalue weighted by atomic mass is 35.5. The predicted molar refractivity (Wildman–Crippen MR) is 56.4 cm³/mol. The minimum Gasteiger partial charge on any atom is -0.381 e. The Morgan fingerprint density at radius 2 is 2.08 bits per heavy atom. The maximum atomic E-state index is 6.00. The van der Waals surface area contributed by atoms with Gasteiger partial charge in [0.2, 0.25) is 0 Å². The third-order valence-corrected chi connectivity index (χ3v) is 3.25. The SMILES string of the molecule is CCCCNC1(CCl)CCOCC1. The lowest BCUT2D eigenvalue weighted by molar-refractivity contribution is 0.0466. The zero-order chi connectivity index (χ0) is 9.57. The molecule has 0 aromatic rings. The molecule has 0 atom stereocenters. The molecule has 0 spiro atoms. The van der Waals surface area contributed by atoms with E-state index in [-0.39, 0.29) is 5.54 Å². The lowest BCUT2D eigenvalue weighted by Crippen LogP contribution is -2.51. The summed E-state index contributed by atoms with van der Waals surface area (Å²) in [5.41, 5.74) is 0.162. The summed E-state index contributed by atoms with van der Waals surface area (Å²) in [4.78, 5) is 0. The van der Waals surface area contributed by atoms with Gasteiger partial charge in [-0.05, 0) is 25.8 Å². The van der Waals surface area contributed by atoms with E-state index < -0.39 is 0 Å². The third-order valence-electron chi connectivity index (χ3n) is 2.74. The molecular formula is C10H20ClNO. The molecule has 0 bridgehead atoms. The highest BCUT2D eigenvalue weighted by Gasteiger charge is 2.30. The van der Waals surface area contributed by atoms with Crippen LogP contribution in [0.25, 0.3) is 0 Å². The van der Waals surface area contributed by atoms with Crippen LogP contribution in [0, 0.1) is 0 Å². The van der Waals surface area contributed by atoms with Crippen molar-refractivity contribution in [2.75, 3.05) is 25.6 Å². The molecule has 0 amide bonds.